The van der Waals surface area contributed by atoms with E-state index in [2.05, 4.69) is 6.92 Å². The van der Waals surface area contributed by atoms with Crippen molar-refractivity contribution in [3.8, 4) is 5.75 Å². The fraction of sp³-hybridized carbons (Fsp3) is 0.619. The summed E-state index contributed by atoms with van der Waals surface area (Å²) in [6.45, 7) is 2.60. The van der Waals surface area contributed by atoms with Crippen LogP contribution in [-0.4, -0.2) is 28.5 Å². The number of urea groups is 1. The predicted octanol–water partition coefficient (Wildman–Crippen LogP) is 4.76. The number of primary amides is 1. The molecule has 3 amide bonds. The van der Waals surface area contributed by atoms with Gasteiger partial charge in [0.05, 0.1) is 6.42 Å². The molecule has 0 saturated heterocycles. The van der Waals surface area contributed by atoms with E-state index in [1.165, 1.54) is 57.1 Å². The van der Waals surface area contributed by atoms with Gasteiger partial charge in [-0.15, -0.1) is 0 Å². The first-order valence-electron chi connectivity index (χ1n) is 9.92. The molecule has 1 aromatic rings. The van der Waals surface area contributed by atoms with Gasteiger partial charge in [-0.2, -0.15) is 0 Å². The van der Waals surface area contributed by atoms with E-state index in [9.17, 15) is 14.7 Å². The zero-order valence-electron chi connectivity index (χ0n) is 16.1. The van der Waals surface area contributed by atoms with Gasteiger partial charge in [-0.3, -0.25) is 9.69 Å². The highest BCUT2D eigenvalue weighted by Gasteiger charge is 2.18. The number of unbranched alkanes of at least 4 members (excludes halogenated alkanes) is 9. The van der Waals surface area contributed by atoms with Crippen LogP contribution in [0.4, 0.5) is 4.79 Å². The Morgan fingerprint density at radius 1 is 0.885 bits per heavy atom. The number of amides is 3. The Morgan fingerprint density at radius 3 is 1.88 bits per heavy atom. The molecule has 0 fully saturated rings. The number of phenolic OH excluding ortho intramolecular Hbond substituents is 1. The fourth-order valence-electron chi connectivity index (χ4n) is 3.00. The standard InChI is InChI=1S/C21H34N2O3/c1-2-3-4-5-6-7-8-9-10-11-16-23(21(22)26)20(25)17-18-12-14-19(24)15-13-18/h12-15,24H,2-11,16-17H2,1H3,(H2,22,26). The third-order valence-corrected chi connectivity index (χ3v) is 4.59. The van der Waals surface area contributed by atoms with Crippen LogP contribution in [0.15, 0.2) is 24.3 Å². The molecular weight excluding hydrogens is 328 g/mol. The van der Waals surface area contributed by atoms with Crippen molar-refractivity contribution in [3.05, 3.63) is 29.8 Å². The Balaban J connectivity index is 2.21. The zero-order valence-corrected chi connectivity index (χ0v) is 16.1. The highest BCUT2D eigenvalue weighted by Crippen LogP contribution is 2.13. The van der Waals surface area contributed by atoms with Crippen LogP contribution in [0.2, 0.25) is 0 Å². The second kappa shape index (κ2) is 13.2. The minimum absolute atomic E-state index is 0.112. The van der Waals surface area contributed by atoms with E-state index in [-0.39, 0.29) is 18.1 Å². The van der Waals surface area contributed by atoms with E-state index in [0.717, 1.165) is 29.7 Å². The summed E-state index contributed by atoms with van der Waals surface area (Å²) in [6, 6.07) is 5.71. The molecule has 0 unspecified atom stereocenters. The third-order valence-electron chi connectivity index (χ3n) is 4.59. The van der Waals surface area contributed by atoms with E-state index >= 15 is 0 Å². The molecule has 5 heteroatoms. The number of carbonyl (C=O) groups excluding carboxylic acids is 2. The third kappa shape index (κ3) is 9.44. The molecule has 0 aliphatic rings. The molecule has 0 aliphatic carbocycles. The number of imide groups is 1. The lowest BCUT2D eigenvalue weighted by Crippen LogP contribution is -2.42. The largest absolute Gasteiger partial charge is 0.508 e. The van der Waals surface area contributed by atoms with Crippen LogP contribution in [0.3, 0.4) is 0 Å². The number of carbonyl (C=O) groups is 2. The maximum atomic E-state index is 12.3. The number of rotatable bonds is 13. The average Bonchev–Trinajstić information content (AvgIpc) is 2.61. The smallest absolute Gasteiger partial charge is 0.321 e. The summed E-state index contributed by atoms with van der Waals surface area (Å²) in [7, 11) is 0. The first-order valence-corrected chi connectivity index (χ1v) is 9.92. The van der Waals surface area contributed by atoms with E-state index < -0.39 is 6.03 Å². The monoisotopic (exact) mass is 362 g/mol. The van der Waals surface area contributed by atoms with Gasteiger partial charge in [0.2, 0.25) is 5.91 Å². The molecule has 0 bridgehead atoms. The van der Waals surface area contributed by atoms with Crippen LogP contribution >= 0.6 is 0 Å². The number of nitrogens with two attached hydrogens (primary N) is 1. The quantitative estimate of drug-likeness (QED) is 0.496. The molecular formula is C21H34N2O3. The molecule has 146 valence electrons. The van der Waals surface area contributed by atoms with Crippen molar-refractivity contribution in [2.45, 2.75) is 77.6 Å². The van der Waals surface area contributed by atoms with Crippen LogP contribution in [0, 0.1) is 0 Å². The van der Waals surface area contributed by atoms with E-state index in [0.29, 0.717) is 6.54 Å². The van der Waals surface area contributed by atoms with Crippen molar-refractivity contribution < 1.29 is 14.7 Å². The molecule has 0 aliphatic heterocycles. The molecule has 0 aromatic heterocycles. The summed E-state index contributed by atoms with van der Waals surface area (Å²) in [5.74, 6) is -0.141. The van der Waals surface area contributed by atoms with Gasteiger partial charge in [-0.25, -0.2) is 4.79 Å². The number of phenols is 1. The number of nitrogens with zero attached hydrogens (tertiary/aromatic N) is 1. The Labute approximate surface area is 157 Å². The van der Waals surface area contributed by atoms with Crippen molar-refractivity contribution in [1.82, 2.24) is 4.90 Å². The van der Waals surface area contributed by atoms with Crippen molar-refractivity contribution in [3.63, 3.8) is 0 Å². The molecule has 5 nitrogen and oxygen atoms in total. The Hall–Kier alpha value is -2.04. The summed E-state index contributed by atoms with van der Waals surface area (Å²) in [5.41, 5.74) is 6.11. The molecule has 0 radical (unpaired) electrons. The van der Waals surface area contributed by atoms with Crippen molar-refractivity contribution in [2.24, 2.45) is 5.73 Å². The topological polar surface area (TPSA) is 83.6 Å². The first kappa shape index (κ1) is 22.0. The Kier molecular flexibility index (Phi) is 11.2. The highest BCUT2D eigenvalue weighted by atomic mass is 16.3. The van der Waals surface area contributed by atoms with Gasteiger partial charge in [-0.05, 0) is 24.1 Å². The molecule has 3 N–H and O–H groups in total. The van der Waals surface area contributed by atoms with Crippen molar-refractivity contribution >= 4 is 11.9 Å². The summed E-state index contributed by atoms with van der Waals surface area (Å²) in [5, 5.41) is 9.28. The van der Waals surface area contributed by atoms with Gasteiger partial charge >= 0.3 is 6.03 Å². The number of hydrogen-bond donors (Lipinski definition) is 2. The van der Waals surface area contributed by atoms with Crippen LogP contribution in [0.5, 0.6) is 5.75 Å². The predicted molar refractivity (Wildman–Crippen MR) is 105 cm³/mol. The van der Waals surface area contributed by atoms with Crippen LogP contribution < -0.4 is 5.73 Å². The van der Waals surface area contributed by atoms with E-state index in [1.54, 1.807) is 12.1 Å². The van der Waals surface area contributed by atoms with Crippen molar-refractivity contribution in [1.29, 1.82) is 0 Å². The lowest BCUT2D eigenvalue weighted by Gasteiger charge is -2.18. The number of benzene rings is 1. The second-order valence-electron chi connectivity index (χ2n) is 6.91. The molecule has 1 rings (SSSR count). The number of aromatic hydroxyl groups is 1. The lowest BCUT2D eigenvalue weighted by atomic mass is 10.1. The average molecular weight is 363 g/mol. The second-order valence-corrected chi connectivity index (χ2v) is 6.91. The van der Waals surface area contributed by atoms with Gasteiger partial charge in [-0.1, -0.05) is 76.8 Å². The Bertz CT molecular complexity index is 529. The maximum Gasteiger partial charge on any atom is 0.321 e. The SMILES string of the molecule is CCCCCCCCCCCCN(C(N)=O)C(=O)Cc1ccc(O)cc1. The van der Waals surface area contributed by atoms with Crippen LogP contribution in [0.1, 0.15) is 76.7 Å². The normalized spacial score (nSPS) is 10.7. The highest BCUT2D eigenvalue weighted by molar-refractivity contribution is 5.94. The first-order chi connectivity index (χ1) is 12.5. The van der Waals surface area contributed by atoms with E-state index in [1.807, 2.05) is 0 Å². The molecule has 26 heavy (non-hydrogen) atoms. The van der Waals surface area contributed by atoms with Gasteiger partial charge in [0.15, 0.2) is 0 Å². The van der Waals surface area contributed by atoms with Gasteiger partial charge in [0.25, 0.3) is 0 Å². The molecule has 0 saturated carbocycles. The van der Waals surface area contributed by atoms with Crippen LogP contribution in [-0.2, 0) is 11.2 Å². The zero-order chi connectivity index (χ0) is 19.2. The summed E-state index contributed by atoms with van der Waals surface area (Å²) in [6.07, 6.45) is 12.1. The molecule has 0 atom stereocenters. The van der Waals surface area contributed by atoms with Gasteiger partial charge in [0.1, 0.15) is 5.75 Å². The summed E-state index contributed by atoms with van der Waals surface area (Å²) in [4.78, 5) is 25.0. The number of hydrogen-bond acceptors (Lipinski definition) is 3. The summed E-state index contributed by atoms with van der Waals surface area (Å²) >= 11 is 0. The molecule has 0 heterocycles. The van der Waals surface area contributed by atoms with Gasteiger partial charge in [0, 0.05) is 6.54 Å². The van der Waals surface area contributed by atoms with E-state index in [4.69, 9.17) is 5.73 Å². The maximum absolute atomic E-state index is 12.3. The fourth-order valence-corrected chi connectivity index (χ4v) is 3.00. The molecule has 0 spiro atoms. The summed E-state index contributed by atoms with van der Waals surface area (Å²) < 4.78 is 0. The van der Waals surface area contributed by atoms with Crippen molar-refractivity contribution in [2.75, 3.05) is 6.54 Å². The Morgan fingerprint density at radius 2 is 1.38 bits per heavy atom. The minimum atomic E-state index is -0.690. The lowest BCUT2D eigenvalue weighted by molar-refractivity contribution is -0.127. The van der Waals surface area contributed by atoms with Crippen LogP contribution in [0.25, 0.3) is 0 Å². The van der Waals surface area contributed by atoms with Gasteiger partial charge < -0.3 is 10.8 Å². The minimum Gasteiger partial charge on any atom is -0.508 e. The molecule has 1 aromatic carbocycles.